The molecule has 30 heavy (non-hydrogen) atoms. The zero-order chi connectivity index (χ0) is 21.5. The highest BCUT2D eigenvalue weighted by Gasteiger charge is 2.10. The van der Waals surface area contributed by atoms with E-state index < -0.39 is 0 Å². The second-order valence-electron chi connectivity index (χ2n) is 6.28. The molecule has 0 unspecified atom stereocenters. The lowest BCUT2D eigenvalue weighted by atomic mass is 10.2. The number of halogens is 3. The molecule has 0 aliphatic carbocycles. The number of carbonyl (C=O) groups excluding carboxylic acids is 1. The van der Waals surface area contributed by atoms with Crippen molar-refractivity contribution in [3.8, 4) is 11.5 Å². The topological polar surface area (TPSA) is 59.6 Å². The lowest BCUT2D eigenvalue weighted by Gasteiger charge is -2.12. The van der Waals surface area contributed by atoms with Crippen molar-refractivity contribution in [3.63, 3.8) is 0 Å². The second kappa shape index (κ2) is 10.6. The van der Waals surface area contributed by atoms with Crippen LogP contribution in [0.1, 0.15) is 5.56 Å². The molecule has 1 amide bonds. The highest BCUT2D eigenvalue weighted by Crippen LogP contribution is 2.28. The number of hydrogen-bond acceptors (Lipinski definition) is 4. The molecule has 156 valence electrons. The van der Waals surface area contributed by atoms with Crippen LogP contribution in [0.25, 0.3) is 0 Å². The molecule has 8 heteroatoms. The van der Waals surface area contributed by atoms with Gasteiger partial charge in [-0.25, -0.2) is 0 Å². The summed E-state index contributed by atoms with van der Waals surface area (Å²) in [7, 11) is 1.55. The van der Waals surface area contributed by atoms with E-state index >= 15 is 0 Å². The van der Waals surface area contributed by atoms with Crippen LogP contribution in [0.4, 0.5) is 11.4 Å². The molecule has 3 rings (SSSR count). The molecule has 0 aromatic heterocycles. The summed E-state index contributed by atoms with van der Waals surface area (Å²) in [6.07, 6.45) is 0. The molecule has 3 aromatic rings. The molecule has 0 fully saturated rings. The molecule has 0 bridgehead atoms. The summed E-state index contributed by atoms with van der Waals surface area (Å²) < 4.78 is 11.6. The molecule has 5 nitrogen and oxygen atoms in total. The van der Waals surface area contributed by atoms with E-state index in [1.54, 1.807) is 31.4 Å². The number of methoxy groups -OCH3 is 1. The van der Waals surface area contributed by atoms with Gasteiger partial charge in [-0.1, -0.05) is 41.4 Å². The monoisotopic (exact) mass is 508 g/mol. The SMILES string of the molecule is COc1ccccc1NC(=O)COc1ccc(CNc2ccc(Cl)c(Cl)c2)cc1Br. The first-order chi connectivity index (χ1) is 14.5. The van der Waals surface area contributed by atoms with E-state index in [4.69, 9.17) is 32.7 Å². The van der Waals surface area contributed by atoms with Crippen molar-refractivity contribution in [2.24, 2.45) is 0 Å². The first-order valence-corrected chi connectivity index (χ1v) is 10.5. The Balaban J connectivity index is 1.54. The Morgan fingerprint density at radius 1 is 1.00 bits per heavy atom. The van der Waals surface area contributed by atoms with Crippen LogP contribution in [-0.4, -0.2) is 19.6 Å². The molecule has 2 N–H and O–H groups in total. The Morgan fingerprint density at radius 2 is 1.80 bits per heavy atom. The van der Waals surface area contributed by atoms with Gasteiger partial charge in [-0.2, -0.15) is 0 Å². The van der Waals surface area contributed by atoms with E-state index in [0.717, 1.165) is 15.7 Å². The van der Waals surface area contributed by atoms with E-state index in [2.05, 4.69) is 26.6 Å². The van der Waals surface area contributed by atoms with Crippen molar-refractivity contribution in [2.75, 3.05) is 24.4 Å². The number of benzene rings is 3. The first kappa shape index (κ1) is 22.3. The average molecular weight is 510 g/mol. The number of hydrogen-bond donors (Lipinski definition) is 2. The maximum atomic E-state index is 12.2. The molecule has 0 radical (unpaired) electrons. The van der Waals surface area contributed by atoms with Gasteiger partial charge in [0, 0.05) is 12.2 Å². The van der Waals surface area contributed by atoms with E-state index in [1.165, 1.54) is 0 Å². The number of para-hydroxylation sites is 2. The smallest absolute Gasteiger partial charge is 0.262 e. The minimum absolute atomic E-state index is 0.127. The summed E-state index contributed by atoms with van der Waals surface area (Å²) >= 11 is 15.5. The fourth-order valence-corrected chi connectivity index (χ4v) is 3.50. The third-order valence-corrected chi connectivity index (χ3v) is 5.51. The first-order valence-electron chi connectivity index (χ1n) is 8.99. The highest BCUT2D eigenvalue weighted by atomic mass is 79.9. The van der Waals surface area contributed by atoms with Crippen molar-refractivity contribution in [1.29, 1.82) is 0 Å². The Bertz CT molecular complexity index is 1050. The van der Waals surface area contributed by atoms with Gasteiger partial charge in [-0.05, 0) is 64.0 Å². The fourth-order valence-electron chi connectivity index (χ4n) is 2.66. The van der Waals surface area contributed by atoms with Crippen molar-refractivity contribution >= 4 is 56.4 Å². The van der Waals surface area contributed by atoms with E-state index in [0.29, 0.717) is 33.8 Å². The van der Waals surface area contributed by atoms with Crippen molar-refractivity contribution in [3.05, 3.63) is 80.7 Å². The van der Waals surface area contributed by atoms with Gasteiger partial charge in [-0.15, -0.1) is 0 Å². The standard InChI is InChI=1S/C22H19BrCl2N2O3/c1-29-21-5-3-2-4-19(21)27-22(28)13-30-20-9-6-14(10-16(20)23)12-26-15-7-8-17(24)18(25)11-15/h2-11,26H,12-13H2,1H3,(H,27,28). The van der Waals surface area contributed by atoms with Crippen LogP contribution in [0.3, 0.4) is 0 Å². The predicted molar refractivity (Wildman–Crippen MR) is 125 cm³/mol. The number of carbonyl (C=O) groups is 1. The molecular weight excluding hydrogens is 491 g/mol. The Morgan fingerprint density at radius 3 is 2.53 bits per heavy atom. The Kier molecular flexibility index (Phi) is 7.85. The predicted octanol–water partition coefficient (Wildman–Crippen LogP) is 6.39. The number of rotatable bonds is 8. The van der Waals surface area contributed by atoms with Crippen molar-refractivity contribution < 1.29 is 14.3 Å². The summed E-state index contributed by atoms with van der Waals surface area (Å²) in [4.78, 5) is 12.2. The third-order valence-electron chi connectivity index (χ3n) is 4.15. The quantitative estimate of drug-likeness (QED) is 0.369. The lowest BCUT2D eigenvalue weighted by Crippen LogP contribution is -2.20. The largest absolute Gasteiger partial charge is 0.495 e. The molecule has 0 aliphatic rings. The van der Waals surface area contributed by atoms with Crippen LogP contribution in [0, 0.1) is 0 Å². The second-order valence-corrected chi connectivity index (χ2v) is 7.95. The van der Waals surface area contributed by atoms with Gasteiger partial charge in [0.1, 0.15) is 11.5 Å². The molecule has 0 spiro atoms. The average Bonchev–Trinajstić information content (AvgIpc) is 2.74. The van der Waals surface area contributed by atoms with Gasteiger partial charge in [0.05, 0.1) is 27.3 Å². The maximum Gasteiger partial charge on any atom is 0.262 e. The van der Waals surface area contributed by atoms with Gasteiger partial charge in [0.15, 0.2) is 6.61 Å². The van der Waals surface area contributed by atoms with Gasteiger partial charge >= 0.3 is 0 Å². The molecule has 0 atom stereocenters. The van der Waals surface area contributed by atoms with Gasteiger partial charge in [0.2, 0.25) is 0 Å². The van der Waals surface area contributed by atoms with Crippen LogP contribution in [0.2, 0.25) is 10.0 Å². The number of anilines is 2. The zero-order valence-electron chi connectivity index (χ0n) is 16.0. The fraction of sp³-hybridized carbons (Fsp3) is 0.136. The summed E-state index contributed by atoms with van der Waals surface area (Å²) in [6, 6.07) is 18.2. The number of nitrogens with one attached hydrogen (secondary N) is 2. The van der Waals surface area contributed by atoms with E-state index in [-0.39, 0.29) is 12.5 Å². The lowest BCUT2D eigenvalue weighted by molar-refractivity contribution is -0.118. The molecule has 3 aromatic carbocycles. The number of ether oxygens (including phenoxy) is 2. The molecule has 0 saturated carbocycles. The summed E-state index contributed by atoms with van der Waals surface area (Å²) in [6.45, 7) is 0.461. The van der Waals surface area contributed by atoms with Crippen LogP contribution in [-0.2, 0) is 11.3 Å². The van der Waals surface area contributed by atoms with Gasteiger partial charge < -0.3 is 20.1 Å². The normalized spacial score (nSPS) is 10.4. The summed E-state index contributed by atoms with van der Waals surface area (Å²) in [5.74, 6) is 0.881. The molecule has 0 heterocycles. The van der Waals surface area contributed by atoms with Crippen molar-refractivity contribution in [1.82, 2.24) is 0 Å². The molecule has 0 saturated heterocycles. The van der Waals surface area contributed by atoms with Crippen LogP contribution >= 0.6 is 39.1 Å². The maximum absolute atomic E-state index is 12.2. The summed E-state index contributed by atoms with van der Waals surface area (Å²) in [5, 5.41) is 7.07. The van der Waals surface area contributed by atoms with E-state index in [1.807, 2.05) is 36.4 Å². The van der Waals surface area contributed by atoms with Crippen LogP contribution in [0.15, 0.2) is 65.1 Å². The van der Waals surface area contributed by atoms with Gasteiger partial charge in [0.25, 0.3) is 5.91 Å². The summed E-state index contributed by atoms with van der Waals surface area (Å²) in [5.41, 5.74) is 2.49. The van der Waals surface area contributed by atoms with Crippen LogP contribution in [0.5, 0.6) is 11.5 Å². The number of amides is 1. The van der Waals surface area contributed by atoms with Crippen molar-refractivity contribution in [2.45, 2.75) is 6.54 Å². The highest BCUT2D eigenvalue weighted by molar-refractivity contribution is 9.10. The Hall–Kier alpha value is -2.41. The molecular formula is C22H19BrCl2N2O3. The Labute approximate surface area is 193 Å². The molecule has 0 aliphatic heterocycles. The third kappa shape index (κ3) is 6.05. The van der Waals surface area contributed by atoms with Crippen LogP contribution < -0.4 is 20.1 Å². The zero-order valence-corrected chi connectivity index (χ0v) is 19.1. The minimum atomic E-state index is -0.281. The minimum Gasteiger partial charge on any atom is -0.495 e. The van der Waals surface area contributed by atoms with Gasteiger partial charge in [-0.3, -0.25) is 4.79 Å². The van der Waals surface area contributed by atoms with E-state index in [9.17, 15) is 4.79 Å².